The molecule has 3 rings (SSSR count). The van der Waals surface area contributed by atoms with E-state index in [-0.39, 0.29) is 16.0 Å². The van der Waals surface area contributed by atoms with E-state index in [4.69, 9.17) is 21.0 Å². The van der Waals surface area contributed by atoms with Crippen LogP contribution in [-0.2, 0) is 16.2 Å². The quantitative estimate of drug-likeness (QED) is 0.367. The maximum Gasteiger partial charge on any atom is 0.152 e. The lowest BCUT2D eigenvalue weighted by molar-refractivity contribution is 0.600. The SMILES string of the molecule is [B]C([B])(c1cccc(F)c1)c1cn(SI)cc1S(=O)Nc1cc(F)c(C#N)cc1F. The molecule has 2 aromatic carbocycles. The number of nitriles is 1. The fourth-order valence-electron chi connectivity index (χ4n) is 2.68. The number of anilines is 1. The van der Waals surface area contributed by atoms with Gasteiger partial charge in [-0.25, -0.2) is 17.4 Å². The van der Waals surface area contributed by atoms with E-state index in [1.165, 1.54) is 45.8 Å². The fraction of sp³-hybridized carbons (Fsp3) is 0.0556. The monoisotopic (exact) mass is 553 g/mol. The van der Waals surface area contributed by atoms with Crippen LogP contribution in [0.2, 0.25) is 0 Å². The largest absolute Gasteiger partial charge is 0.298 e. The lowest BCUT2D eigenvalue weighted by atomic mass is 9.48. The molecule has 0 aliphatic carbocycles. The smallest absolute Gasteiger partial charge is 0.152 e. The molecule has 0 aliphatic rings. The Morgan fingerprint density at radius 1 is 1.17 bits per heavy atom. The van der Waals surface area contributed by atoms with Crippen molar-refractivity contribution in [2.45, 2.75) is 10.1 Å². The van der Waals surface area contributed by atoms with E-state index in [2.05, 4.69) is 4.72 Å². The second-order valence-corrected chi connectivity index (χ2v) is 9.06. The van der Waals surface area contributed by atoms with Crippen molar-refractivity contribution in [2.75, 3.05) is 4.72 Å². The highest BCUT2D eigenvalue weighted by atomic mass is 127. The fourth-order valence-corrected chi connectivity index (χ4v) is 4.81. The van der Waals surface area contributed by atoms with Crippen LogP contribution >= 0.6 is 30.3 Å². The molecule has 148 valence electrons. The van der Waals surface area contributed by atoms with Crippen LogP contribution in [0.4, 0.5) is 18.9 Å². The number of nitrogens with one attached hydrogen (secondary N) is 1. The molecule has 0 spiro atoms. The number of hydrogen-bond donors (Lipinski definition) is 1. The first-order chi connectivity index (χ1) is 14.2. The predicted octanol–water partition coefficient (Wildman–Crippen LogP) is 4.30. The van der Waals surface area contributed by atoms with Gasteiger partial charge < -0.3 is 0 Å². The highest BCUT2D eigenvalue weighted by Gasteiger charge is 2.29. The second kappa shape index (κ2) is 9.11. The summed E-state index contributed by atoms with van der Waals surface area (Å²) < 4.78 is 58.6. The Morgan fingerprint density at radius 2 is 1.90 bits per heavy atom. The summed E-state index contributed by atoms with van der Waals surface area (Å²) in [6.07, 6.45) is 2.98. The zero-order chi connectivity index (χ0) is 22.1. The van der Waals surface area contributed by atoms with Crippen molar-refractivity contribution in [3.05, 3.63) is 82.9 Å². The van der Waals surface area contributed by atoms with Crippen LogP contribution in [0.25, 0.3) is 0 Å². The van der Waals surface area contributed by atoms with Gasteiger partial charge in [0.05, 0.1) is 31.8 Å². The molecular formula is C18H9B2F3IN3OS2. The van der Waals surface area contributed by atoms with Gasteiger partial charge in [0.15, 0.2) is 11.0 Å². The lowest BCUT2D eigenvalue weighted by Gasteiger charge is -2.27. The Labute approximate surface area is 192 Å². The Balaban J connectivity index is 2.03. The maximum atomic E-state index is 14.2. The molecule has 1 aromatic heterocycles. The third kappa shape index (κ3) is 4.58. The average molecular weight is 553 g/mol. The molecule has 30 heavy (non-hydrogen) atoms. The van der Waals surface area contributed by atoms with E-state index in [9.17, 15) is 17.4 Å². The third-order valence-electron chi connectivity index (χ3n) is 4.17. The van der Waals surface area contributed by atoms with Crippen molar-refractivity contribution in [3.8, 4) is 6.07 Å². The molecule has 0 saturated heterocycles. The topological polar surface area (TPSA) is 57.8 Å². The first kappa shape index (κ1) is 22.8. The molecular weight excluding hydrogens is 544 g/mol. The van der Waals surface area contributed by atoms with Crippen LogP contribution < -0.4 is 4.72 Å². The third-order valence-corrected chi connectivity index (χ3v) is 7.04. The first-order valence-corrected chi connectivity index (χ1v) is 12.6. The summed E-state index contributed by atoms with van der Waals surface area (Å²) in [6, 6.07) is 8.30. The molecule has 0 aliphatic heterocycles. The Kier molecular flexibility index (Phi) is 6.94. The minimum atomic E-state index is -2.11. The van der Waals surface area contributed by atoms with Crippen molar-refractivity contribution < 1.29 is 17.4 Å². The molecule has 12 heteroatoms. The highest BCUT2D eigenvalue weighted by Crippen LogP contribution is 2.34. The zero-order valence-corrected chi connectivity index (χ0v) is 18.7. The average Bonchev–Trinajstić information content (AvgIpc) is 3.16. The van der Waals surface area contributed by atoms with Crippen LogP contribution in [0.15, 0.2) is 53.7 Å². The molecule has 1 atom stereocenters. The van der Waals surface area contributed by atoms with E-state index >= 15 is 0 Å². The van der Waals surface area contributed by atoms with E-state index in [0.29, 0.717) is 6.07 Å². The normalized spacial score (nSPS) is 12.4. The molecule has 4 nitrogen and oxygen atoms in total. The van der Waals surface area contributed by atoms with Gasteiger partial charge in [-0.1, -0.05) is 17.7 Å². The summed E-state index contributed by atoms with van der Waals surface area (Å²) in [6.45, 7) is 0. The number of nitrogens with zero attached hydrogens (tertiary/aromatic N) is 2. The van der Waals surface area contributed by atoms with E-state index in [1.54, 1.807) is 3.97 Å². The van der Waals surface area contributed by atoms with Gasteiger partial charge in [-0.2, -0.15) is 5.26 Å². The van der Waals surface area contributed by atoms with Crippen LogP contribution in [-0.4, -0.2) is 23.9 Å². The number of hydrogen-bond acceptors (Lipinski definition) is 3. The van der Waals surface area contributed by atoms with Gasteiger partial charge >= 0.3 is 0 Å². The summed E-state index contributed by atoms with van der Waals surface area (Å²) in [5.74, 6) is -2.47. The number of halogens is 4. The Morgan fingerprint density at radius 3 is 2.53 bits per heavy atom. The minimum absolute atomic E-state index is 0.0950. The van der Waals surface area contributed by atoms with Crippen LogP contribution in [0.3, 0.4) is 0 Å². The zero-order valence-electron chi connectivity index (χ0n) is 14.9. The van der Waals surface area contributed by atoms with Gasteiger partial charge in [-0.15, -0.1) is 0 Å². The number of rotatable bonds is 6. The first-order valence-electron chi connectivity index (χ1n) is 8.10. The summed E-state index contributed by atoms with van der Waals surface area (Å²) >= 11 is 1.97. The van der Waals surface area contributed by atoms with Gasteiger partial charge in [0, 0.05) is 48.8 Å². The minimum Gasteiger partial charge on any atom is -0.298 e. The summed E-state index contributed by atoms with van der Waals surface area (Å²) in [5.41, 5.74) is -0.465. The van der Waals surface area contributed by atoms with Crippen molar-refractivity contribution in [3.63, 3.8) is 0 Å². The van der Waals surface area contributed by atoms with Gasteiger partial charge in [0.25, 0.3) is 0 Å². The molecule has 0 bridgehead atoms. The molecule has 1 heterocycles. The van der Waals surface area contributed by atoms with E-state index in [0.717, 1.165) is 12.1 Å². The van der Waals surface area contributed by atoms with Crippen molar-refractivity contribution in [1.82, 2.24) is 3.97 Å². The van der Waals surface area contributed by atoms with Crippen LogP contribution in [0.1, 0.15) is 16.7 Å². The summed E-state index contributed by atoms with van der Waals surface area (Å²) in [4.78, 5) is 0.0950. The predicted molar refractivity (Wildman–Crippen MR) is 121 cm³/mol. The van der Waals surface area contributed by atoms with Crippen molar-refractivity contribution in [1.29, 1.82) is 5.26 Å². The Bertz CT molecular complexity index is 1180. The maximum absolute atomic E-state index is 14.2. The highest BCUT2D eigenvalue weighted by molar-refractivity contribution is 14.2. The summed E-state index contributed by atoms with van der Waals surface area (Å²) in [7, 11) is 11.7. The number of benzene rings is 2. The molecule has 4 radical (unpaired) electrons. The Hall–Kier alpha value is -1.84. The molecule has 1 N–H and O–H groups in total. The van der Waals surface area contributed by atoms with E-state index in [1.807, 2.05) is 21.2 Å². The molecule has 3 aromatic rings. The van der Waals surface area contributed by atoms with E-state index < -0.39 is 44.9 Å². The van der Waals surface area contributed by atoms with Crippen LogP contribution in [0.5, 0.6) is 0 Å². The van der Waals surface area contributed by atoms with Crippen molar-refractivity contribution >= 4 is 62.7 Å². The van der Waals surface area contributed by atoms with Gasteiger partial charge in [0.1, 0.15) is 23.5 Å². The molecule has 0 amide bonds. The lowest BCUT2D eigenvalue weighted by Crippen LogP contribution is -2.30. The molecule has 0 saturated carbocycles. The van der Waals surface area contributed by atoms with Crippen LogP contribution in [0, 0.1) is 28.8 Å². The second-order valence-electron chi connectivity index (χ2n) is 6.14. The van der Waals surface area contributed by atoms with Gasteiger partial charge in [-0.05, 0) is 29.0 Å². The van der Waals surface area contributed by atoms with Crippen molar-refractivity contribution in [2.24, 2.45) is 0 Å². The standard InChI is InChI=1S/C18H9B2F3IN3OS2/c19-18(20,11-2-1-3-12(21)5-11)13-8-27(29-24)9-17(13)30(28)26-16-6-14(22)10(7-25)4-15(16)23/h1-6,8-9,26H. The molecule has 0 fully saturated rings. The summed E-state index contributed by atoms with van der Waals surface area (Å²) in [5, 5.41) is 7.06. The van der Waals surface area contributed by atoms with Gasteiger partial charge in [-0.3, -0.25) is 8.69 Å². The molecule has 1 unspecified atom stereocenters. The number of aromatic nitrogens is 1. The van der Waals surface area contributed by atoms with Gasteiger partial charge in [0.2, 0.25) is 0 Å².